The van der Waals surface area contributed by atoms with E-state index in [1.165, 1.54) is 30.4 Å². The van der Waals surface area contributed by atoms with Gasteiger partial charge in [-0.1, -0.05) is 51.5 Å². The minimum absolute atomic E-state index is 0.0304. The van der Waals surface area contributed by atoms with Gasteiger partial charge in [-0.2, -0.15) is 0 Å². The zero-order chi connectivity index (χ0) is 19.0. The fourth-order valence-corrected chi connectivity index (χ4v) is 3.08. The maximum atomic E-state index is 12.1. The summed E-state index contributed by atoms with van der Waals surface area (Å²) in [6, 6.07) is 8.32. The summed E-state index contributed by atoms with van der Waals surface area (Å²) in [7, 11) is 0. The van der Waals surface area contributed by atoms with Crippen LogP contribution in [0.1, 0.15) is 57.6 Å². The summed E-state index contributed by atoms with van der Waals surface area (Å²) in [5.41, 5.74) is 2.03. The second-order valence-electron chi connectivity index (χ2n) is 8.14. The highest BCUT2D eigenvalue weighted by Crippen LogP contribution is 2.16. The van der Waals surface area contributed by atoms with Gasteiger partial charge in [0.1, 0.15) is 0 Å². The Labute approximate surface area is 157 Å². The van der Waals surface area contributed by atoms with E-state index in [4.69, 9.17) is 0 Å². The lowest BCUT2D eigenvalue weighted by atomic mass is 9.96. The van der Waals surface area contributed by atoms with Crippen molar-refractivity contribution >= 4 is 11.8 Å². The summed E-state index contributed by atoms with van der Waals surface area (Å²) in [4.78, 5) is 26.4. The van der Waals surface area contributed by atoms with Gasteiger partial charge in [0.15, 0.2) is 0 Å². The molecule has 0 aliphatic carbocycles. The topological polar surface area (TPSA) is 61.4 Å². The van der Waals surface area contributed by atoms with Crippen molar-refractivity contribution in [3.8, 4) is 0 Å². The van der Waals surface area contributed by atoms with Gasteiger partial charge in [0.05, 0.1) is 0 Å². The Kier molecular flexibility index (Phi) is 7.64. The van der Waals surface area contributed by atoms with E-state index >= 15 is 0 Å². The van der Waals surface area contributed by atoms with Gasteiger partial charge in [-0.25, -0.2) is 0 Å². The third-order valence-electron chi connectivity index (χ3n) is 4.76. The van der Waals surface area contributed by atoms with Crippen LogP contribution >= 0.6 is 0 Å². The number of piperidine rings is 1. The molecule has 1 aliphatic rings. The number of carbonyl (C=O) groups excluding carboxylic acids is 2. The molecule has 1 aromatic rings. The molecule has 2 rings (SSSR count). The van der Waals surface area contributed by atoms with Crippen LogP contribution in [-0.4, -0.2) is 36.3 Å². The van der Waals surface area contributed by atoms with E-state index in [2.05, 4.69) is 33.7 Å². The van der Waals surface area contributed by atoms with Crippen molar-refractivity contribution in [1.82, 2.24) is 15.5 Å². The van der Waals surface area contributed by atoms with E-state index in [0.29, 0.717) is 19.5 Å². The zero-order valence-electron chi connectivity index (χ0n) is 16.4. The Balaban J connectivity index is 1.78. The van der Waals surface area contributed by atoms with Crippen LogP contribution in [0.15, 0.2) is 24.3 Å². The van der Waals surface area contributed by atoms with Crippen molar-refractivity contribution in [3.63, 3.8) is 0 Å². The molecule has 0 radical (unpaired) electrons. The lowest BCUT2D eigenvalue weighted by molar-refractivity contribution is -0.128. The molecular weight excluding hydrogens is 326 g/mol. The van der Waals surface area contributed by atoms with Crippen LogP contribution in [-0.2, 0) is 22.7 Å². The highest BCUT2D eigenvalue weighted by Gasteiger charge is 2.20. The minimum Gasteiger partial charge on any atom is -0.355 e. The average Bonchev–Trinajstić information content (AvgIpc) is 2.61. The van der Waals surface area contributed by atoms with Gasteiger partial charge in [-0.05, 0) is 37.1 Å². The molecule has 1 aliphatic heterocycles. The number of rotatable bonds is 7. The molecule has 5 heteroatoms. The third kappa shape index (κ3) is 6.79. The summed E-state index contributed by atoms with van der Waals surface area (Å²) in [5.74, 6) is -0.0656. The summed E-state index contributed by atoms with van der Waals surface area (Å²) < 4.78 is 0. The van der Waals surface area contributed by atoms with Crippen molar-refractivity contribution in [2.75, 3.05) is 19.6 Å². The average molecular weight is 360 g/mol. The van der Waals surface area contributed by atoms with E-state index in [1.54, 1.807) is 0 Å². The van der Waals surface area contributed by atoms with Gasteiger partial charge < -0.3 is 10.6 Å². The lowest BCUT2D eigenvalue weighted by Gasteiger charge is -2.27. The monoisotopic (exact) mass is 359 g/mol. The maximum absolute atomic E-state index is 12.1. The van der Waals surface area contributed by atoms with Gasteiger partial charge in [-0.3, -0.25) is 14.5 Å². The molecule has 2 amide bonds. The van der Waals surface area contributed by atoms with E-state index < -0.39 is 5.41 Å². The molecule has 5 nitrogen and oxygen atoms in total. The summed E-state index contributed by atoms with van der Waals surface area (Å²) in [6.07, 6.45) is 4.19. The van der Waals surface area contributed by atoms with Crippen LogP contribution in [0.2, 0.25) is 0 Å². The molecule has 0 saturated carbocycles. The van der Waals surface area contributed by atoms with Gasteiger partial charge >= 0.3 is 0 Å². The molecule has 0 aromatic heterocycles. The molecule has 0 atom stereocenters. The first-order valence-electron chi connectivity index (χ1n) is 9.70. The second-order valence-corrected chi connectivity index (χ2v) is 8.14. The molecule has 1 fully saturated rings. The van der Waals surface area contributed by atoms with Crippen molar-refractivity contribution in [3.05, 3.63) is 35.4 Å². The van der Waals surface area contributed by atoms with Crippen LogP contribution in [0.3, 0.4) is 0 Å². The Morgan fingerprint density at radius 2 is 1.65 bits per heavy atom. The first kappa shape index (κ1) is 20.4. The number of benzene rings is 1. The zero-order valence-corrected chi connectivity index (χ0v) is 16.4. The van der Waals surface area contributed by atoms with Crippen LogP contribution in [0.5, 0.6) is 0 Å². The molecule has 26 heavy (non-hydrogen) atoms. The number of carbonyl (C=O) groups is 2. The molecule has 0 spiro atoms. The predicted octanol–water partition coefficient (Wildman–Crippen LogP) is 2.84. The highest BCUT2D eigenvalue weighted by atomic mass is 16.2. The van der Waals surface area contributed by atoms with E-state index in [9.17, 15) is 9.59 Å². The first-order valence-corrected chi connectivity index (χ1v) is 9.70. The van der Waals surface area contributed by atoms with Gasteiger partial charge in [0, 0.05) is 31.5 Å². The van der Waals surface area contributed by atoms with Crippen molar-refractivity contribution in [2.45, 2.75) is 59.5 Å². The fourth-order valence-electron chi connectivity index (χ4n) is 3.08. The first-order chi connectivity index (χ1) is 12.4. The molecule has 1 saturated heterocycles. The number of amides is 2. The Hall–Kier alpha value is -1.88. The molecule has 144 valence electrons. The van der Waals surface area contributed by atoms with Crippen molar-refractivity contribution in [1.29, 1.82) is 0 Å². The third-order valence-corrected chi connectivity index (χ3v) is 4.76. The lowest BCUT2D eigenvalue weighted by Crippen LogP contribution is -2.37. The van der Waals surface area contributed by atoms with E-state index in [1.807, 2.05) is 26.8 Å². The summed E-state index contributed by atoms with van der Waals surface area (Å²) in [6.45, 7) is 9.77. The van der Waals surface area contributed by atoms with Crippen LogP contribution in [0, 0.1) is 5.41 Å². The second kappa shape index (κ2) is 9.72. The minimum atomic E-state index is -0.427. The van der Waals surface area contributed by atoms with E-state index in [-0.39, 0.29) is 11.8 Å². The van der Waals surface area contributed by atoms with Crippen molar-refractivity contribution in [2.24, 2.45) is 5.41 Å². The van der Waals surface area contributed by atoms with Crippen molar-refractivity contribution < 1.29 is 9.59 Å². The summed E-state index contributed by atoms with van der Waals surface area (Å²) in [5, 5.41) is 5.79. The van der Waals surface area contributed by atoms with Crippen LogP contribution in [0.25, 0.3) is 0 Å². The molecule has 1 heterocycles. The van der Waals surface area contributed by atoms with Crippen LogP contribution in [0.4, 0.5) is 0 Å². The Morgan fingerprint density at radius 1 is 1.00 bits per heavy atom. The number of hydrogen-bond acceptors (Lipinski definition) is 3. The molecule has 1 aromatic carbocycles. The number of nitrogens with zero attached hydrogens (tertiary/aromatic N) is 1. The van der Waals surface area contributed by atoms with Gasteiger partial charge in [-0.15, -0.1) is 0 Å². The van der Waals surface area contributed by atoms with Crippen LogP contribution < -0.4 is 10.6 Å². The van der Waals surface area contributed by atoms with E-state index in [0.717, 1.165) is 19.6 Å². The Morgan fingerprint density at radius 3 is 2.31 bits per heavy atom. The fraction of sp³-hybridized carbons (Fsp3) is 0.619. The van der Waals surface area contributed by atoms with Gasteiger partial charge in [0.2, 0.25) is 11.8 Å². The molecular formula is C21H33N3O2. The molecule has 2 N–H and O–H groups in total. The standard InChI is InChI=1S/C21H33N3O2/c1-21(2,3)20(26)22-12-11-19(25)23-15-17-9-5-6-10-18(17)16-24-13-7-4-8-14-24/h5-6,9-10H,4,7-8,11-16H2,1-3H3,(H,22,26)(H,23,25). The van der Waals surface area contributed by atoms with Gasteiger partial charge in [0.25, 0.3) is 0 Å². The highest BCUT2D eigenvalue weighted by molar-refractivity contribution is 5.82. The largest absolute Gasteiger partial charge is 0.355 e. The molecule has 0 bridgehead atoms. The number of nitrogens with one attached hydrogen (secondary N) is 2. The molecule has 0 unspecified atom stereocenters. The quantitative estimate of drug-likeness (QED) is 0.787. The predicted molar refractivity (Wildman–Crippen MR) is 104 cm³/mol. The number of hydrogen-bond donors (Lipinski definition) is 2. The number of likely N-dealkylation sites (tertiary alicyclic amines) is 1. The maximum Gasteiger partial charge on any atom is 0.225 e. The smallest absolute Gasteiger partial charge is 0.225 e. The summed E-state index contributed by atoms with van der Waals surface area (Å²) >= 11 is 0. The normalized spacial score (nSPS) is 15.5. The Bertz CT molecular complexity index is 602. The SMILES string of the molecule is CC(C)(C)C(=O)NCCC(=O)NCc1ccccc1CN1CCCCC1.